The van der Waals surface area contributed by atoms with Crippen molar-refractivity contribution in [3.8, 4) is 23.6 Å². The first-order valence-electron chi connectivity index (χ1n) is 10.5. The molecule has 1 aliphatic rings. The quantitative estimate of drug-likeness (QED) is 0.472. The van der Waals surface area contributed by atoms with Crippen molar-refractivity contribution < 1.29 is 6.16 Å². The number of aryl methyl sites for hydroxylation is 1. The number of imidazole rings is 1. The highest BCUT2D eigenvalue weighted by atomic mass is 16.5. The number of hydrogen-bond acceptors (Lipinski definition) is 5. The van der Waals surface area contributed by atoms with Crippen LogP contribution in [0.4, 0.5) is 5.95 Å². The summed E-state index contributed by atoms with van der Waals surface area (Å²) in [4.78, 5) is 24.9. The van der Waals surface area contributed by atoms with Gasteiger partial charge in [0.1, 0.15) is 5.75 Å². The summed E-state index contributed by atoms with van der Waals surface area (Å²) in [5.74, 6) is 7.35. The van der Waals surface area contributed by atoms with Gasteiger partial charge in [0.05, 0.1) is 6.54 Å². The molecule has 3 heterocycles. The lowest BCUT2D eigenvalue weighted by Gasteiger charge is -2.21. The number of aromatic nitrogens is 4. The van der Waals surface area contributed by atoms with Gasteiger partial charge in [0.2, 0.25) is 5.95 Å². The fourth-order valence-electron chi connectivity index (χ4n) is 3.80. The van der Waals surface area contributed by atoms with E-state index in [-0.39, 0.29) is 13.0 Å². The highest BCUT2D eigenvalue weighted by Gasteiger charge is 2.23. The minimum atomic E-state index is -0.205. The normalized spacial score (nSPS) is 14.3. The Balaban J connectivity index is 0.00000289. The lowest BCUT2D eigenvalue weighted by atomic mass is 10.1. The number of anilines is 1. The molecular formula is C24H29N5O2. The molecule has 0 aliphatic carbocycles. The third-order valence-corrected chi connectivity index (χ3v) is 5.51. The zero-order chi connectivity index (χ0) is 22.0. The molecule has 3 aromatic rings. The van der Waals surface area contributed by atoms with Gasteiger partial charge in [0, 0.05) is 21.6 Å². The molecule has 7 heteroatoms. The first-order chi connectivity index (χ1) is 15.0. The number of nitrogens with zero attached hydrogens (tertiary/aromatic N) is 5. The number of rotatable bonds is 4. The molecule has 2 aromatic heterocycles. The van der Waals surface area contributed by atoms with Gasteiger partial charge in [-0.3, -0.25) is 13.9 Å². The van der Waals surface area contributed by atoms with Crippen LogP contribution < -0.4 is 15.2 Å². The minimum absolute atomic E-state index is 0. The zero-order valence-corrected chi connectivity index (χ0v) is 18.3. The average molecular weight is 420 g/mol. The molecule has 0 N–H and O–H groups in total. The molecule has 0 saturated carbocycles. The molecule has 1 fully saturated rings. The highest BCUT2D eigenvalue weighted by molar-refractivity contribution is 5.75. The van der Waals surface area contributed by atoms with Crippen LogP contribution in [0.3, 0.4) is 0 Å². The molecule has 0 unspecified atom stereocenters. The number of ether oxygens (including phenoxy) is 1. The molecule has 1 aromatic carbocycles. The molecule has 31 heavy (non-hydrogen) atoms. The predicted octanol–water partition coefficient (Wildman–Crippen LogP) is 4.05. The van der Waals surface area contributed by atoms with Gasteiger partial charge in [-0.1, -0.05) is 30.2 Å². The van der Waals surface area contributed by atoms with Crippen molar-refractivity contribution in [1.82, 2.24) is 19.1 Å². The van der Waals surface area contributed by atoms with Crippen LogP contribution in [0.15, 0.2) is 41.2 Å². The third kappa shape index (κ3) is 4.19. The van der Waals surface area contributed by atoms with E-state index in [1.54, 1.807) is 14.0 Å². The molecule has 0 bridgehead atoms. The summed E-state index contributed by atoms with van der Waals surface area (Å²) in [5.41, 5.74) is 2.93. The van der Waals surface area contributed by atoms with Crippen molar-refractivity contribution >= 4 is 17.1 Å². The maximum Gasteiger partial charge on any atom is 0.306 e. The molecule has 0 radical (unpaired) electrons. The van der Waals surface area contributed by atoms with Crippen molar-refractivity contribution in [3.05, 3.63) is 52.3 Å². The average Bonchev–Trinajstić information content (AvgIpc) is 2.96. The van der Waals surface area contributed by atoms with Gasteiger partial charge in [0.15, 0.2) is 11.2 Å². The van der Waals surface area contributed by atoms with Crippen molar-refractivity contribution in [2.75, 3.05) is 18.0 Å². The van der Waals surface area contributed by atoms with Gasteiger partial charge in [0.25, 0.3) is 5.56 Å². The van der Waals surface area contributed by atoms with E-state index < -0.39 is 0 Å². The Morgan fingerprint density at radius 1 is 1.26 bits per heavy atom. The van der Waals surface area contributed by atoms with Crippen LogP contribution in [0.25, 0.3) is 11.2 Å². The van der Waals surface area contributed by atoms with Crippen LogP contribution in [0, 0.1) is 18.8 Å². The first-order valence-corrected chi connectivity index (χ1v) is 10.5. The van der Waals surface area contributed by atoms with E-state index in [0.29, 0.717) is 23.5 Å². The van der Waals surface area contributed by atoms with E-state index in [2.05, 4.69) is 28.3 Å². The Hall–Kier alpha value is -3.53. The number of benzene rings is 1. The van der Waals surface area contributed by atoms with E-state index in [9.17, 15) is 4.79 Å². The summed E-state index contributed by atoms with van der Waals surface area (Å²) >= 11 is 0. The maximum absolute atomic E-state index is 13.3. The molecule has 0 atom stereocenters. The van der Waals surface area contributed by atoms with E-state index in [1.165, 1.54) is 10.1 Å². The Labute approximate surface area is 183 Å². The van der Waals surface area contributed by atoms with Gasteiger partial charge in [-0.15, -0.1) is 5.92 Å². The Morgan fingerprint density at radius 3 is 2.87 bits per heavy atom. The smallest absolute Gasteiger partial charge is 0.306 e. The second kappa shape index (κ2) is 8.68. The number of fused-ring (bicyclic) bond motifs is 1. The fraction of sp³-hybridized carbons (Fsp3) is 0.375. The van der Waals surface area contributed by atoms with E-state index in [4.69, 9.17) is 9.72 Å². The van der Waals surface area contributed by atoms with Crippen molar-refractivity contribution in [2.24, 2.45) is 7.05 Å². The molecule has 1 saturated heterocycles. The topological polar surface area (TPSA) is 65.2 Å². The lowest BCUT2D eigenvalue weighted by Crippen LogP contribution is -2.28. The van der Waals surface area contributed by atoms with Crippen LogP contribution in [-0.4, -0.2) is 32.2 Å². The van der Waals surface area contributed by atoms with Crippen LogP contribution in [0.5, 0.6) is 11.8 Å². The summed E-state index contributed by atoms with van der Waals surface area (Å²) in [6, 6.07) is 7.85. The standard InChI is InChI=1S/C24H27N5O2.H2/c1-5-6-14-29-20-21(25-23(29)28-13-8-10-17(2)12-15-28)26-24(27(4)22(20)30)31-19-11-7-9-18(3)16-19;/h7,9,11,16H,2,8,10,12-15H2,1,3-4H3;1H. The Morgan fingerprint density at radius 2 is 2.10 bits per heavy atom. The third-order valence-electron chi connectivity index (χ3n) is 5.51. The van der Waals surface area contributed by atoms with Gasteiger partial charge >= 0.3 is 6.01 Å². The molecule has 7 nitrogen and oxygen atoms in total. The molecule has 0 spiro atoms. The van der Waals surface area contributed by atoms with Crippen molar-refractivity contribution in [2.45, 2.75) is 39.7 Å². The van der Waals surface area contributed by atoms with Gasteiger partial charge in [-0.2, -0.15) is 9.97 Å². The summed E-state index contributed by atoms with van der Waals surface area (Å²) in [5, 5.41) is 0. The Bertz CT molecular complexity index is 1270. The minimum Gasteiger partial charge on any atom is -0.425 e. The monoisotopic (exact) mass is 419 g/mol. The molecule has 4 rings (SSSR count). The van der Waals surface area contributed by atoms with E-state index in [1.807, 2.05) is 35.8 Å². The molecule has 1 aliphatic heterocycles. The highest BCUT2D eigenvalue weighted by Crippen LogP contribution is 2.26. The zero-order valence-electron chi connectivity index (χ0n) is 18.3. The fourth-order valence-corrected chi connectivity index (χ4v) is 3.80. The lowest BCUT2D eigenvalue weighted by molar-refractivity contribution is 0.415. The van der Waals surface area contributed by atoms with Crippen LogP contribution in [0.1, 0.15) is 33.2 Å². The first kappa shape index (κ1) is 20.7. The SMILES string of the molecule is C=C1CCCN(c2nc3nc(Oc4cccc(C)c4)n(C)c(=O)c3n2CC#CC)CC1.[HH]. The second-order valence-electron chi connectivity index (χ2n) is 7.86. The van der Waals surface area contributed by atoms with Gasteiger partial charge in [-0.25, -0.2) is 0 Å². The van der Waals surface area contributed by atoms with E-state index >= 15 is 0 Å². The van der Waals surface area contributed by atoms with Gasteiger partial charge in [-0.05, 0) is 50.8 Å². The van der Waals surface area contributed by atoms with Crippen LogP contribution in [-0.2, 0) is 13.6 Å². The second-order valence-corrected chi connectivity index (χ2v) is 7.86. The summed E-state index contributed by atoms with van der Waals surface area (Å²) in [6.07, 6.45) is 2.93. The summed E-state index contributed by atoms with van der Waals surface area (Å²) < 4.78 is 9.25. The number of hydrogen-bond donors (Lipinski definition) is 0. The maximum atomic E-state index is 13.3. The van der Waals surface area contributed by atoms with Crippen molar-refractivity contribution in [1.29, 1.82) is 0 Å². The summed E-state index contributed by atoms with van der Waals surface area (Å²) in [6.45, 7) is 9.97. The van der Waals surface area contributed by atoms with E-state index in [0.717, 1.165) is 43.9 Å². The molecule has 162 valence electrons. The largest absolute Gasteiger partial charge is 0.425 e. The van der Waals surface area contributed by atoms with Crippen LogP contribution >= 0.6 is 0 Å². The molecular weight excluding hydrogens is 390 g/mol. The van der Waals surface area contributed by atoms with Gasteiger partial charge < -0.3 is 9.64 Å². The molecule has 0 amide bonds. The van der Waals surface area contributed by atoms with Crippen molar-refractivity contribution in [3.63, 3.8) is 0 Å². The van der Waals surface area contributed by atoms with Crippen LogP contribution in [0.2, 0.25) is 0 Å². The Kier molecular flexibility index (Phi) is 5.81. The predicted molar refractivity (Wildman–Crippen MR) is 125 cm³/mol. The summed E-state index contributed by atoms with van der Waals surface area (Å²) in [7, 11) is 1.67.